The van der Waals surface area contributed by atoms with E-state index in [2.05, 4.69) is 19.2 Å². The van der Waals surface area contributed by atoms with Crippen LogP contribution in [-0.2, 0) is 10.3 Å². The van der Waals surface area contributed by atoms with Gasteiger partial charge in [-0.25, -0.2) is 4.98 Å². The van der Waals surface area contributed by atoms with Crippen molar-refractivity contribution < 1.29 is 14.3 Å². The average Bonchev–Trinajstić information content (AvgIpc) is 3.53. The predicted molar refractivity (Wildman–Crippen MR) is 163 cm³/mol. The Morgan fingerprint density at radius 3 is 2.34 bits per heavy atom. The van der Waals surface area contributed by atoms with E-state index in [0.29, 0.717) is 50.2 Å². The van der Waals surface area contributed by atoms with Gasteiger partial charge in [-0.05, 0) is 74.2 Å². The minimum atomic E-state index is -1.54. The van der Waals surface area contributed by atoms with Gasteiger partial charge in [-0.3, -0.25) is 14.5 Å². The molecule has 41 heavy (non-hydrogen) atoms. The van der Waals surface area contributed by atoms with Crippen molar-refractivity contribution in [2.75, 3.05) is 17.3 Å². The number of hydrogen-bond acceptors (Lipinski definition) is 4. The van der Waals surface area contributed by atoms with E-state index in [-0.39, 0.29) is 23.6 Å². The molecule has 0 radical (unpaired) electrons. The number of benzene rings is 3. The van der Waals surface area contributed by atoms with Crippen LogP contribution in [0.4, 0.5) is 11.4 Å². The van der Waals surface area contributed by atoms with Crippen LogP contribution in [-0.4, -0.2) is 28.5 Å². The third-order valence-corrected chi connectivity index (χ3v) is 8.47. The van der Waals surface area contributed by atoms with Crippen molar-refractivity contribution in [2.24, 2.45) is 0 Å². The summed E-state index contributed by atoms with van der Waals surface area (Å²) in [6, 6.07) is 16.4. The van der Waals surface area contributed by atoms with Crippen molar-refractivity contribution in [1.82, 2.24) is 9.55 Å². The summed E-state index contributed by atoms with van der Waals surface area (Å²) in [5.41, 5.74) is 3.53. The number of aryl methyl sites for hydroxylation is 1. The van der Waals surface area contributed by atoms with Crippen LogP contribution in [0.2, 0.25) is 10.0 Å². The number of methoxy groups -OCH3 is 1. The van der Waals surface area contributed by atoms with Crippen LogP contribution in [0.3, 0.4) is 0 Å². The van der Waals surface area contributed by atoms with E-state index in [1.807, 2.05) is 49.6 Å². The highest BCUT2D eigenvalue weighted by Gasteiger charge is 2.64. The van der Waals surface area contributed by atoms with Gasteiger partial charge < -0.3 is 14.6 Å². The van der Waals surface area contributed by atoms with Crippen LogP contribution in [0, 0.1) is 6.92 Å². The Kier molecular flexibility index (Phi) is 6.43. The third kappa shape index (κ3) is 3.82. The number of amides is 2. The van der Waals surface area contributed by atoms with Gasteiger partial charge in [0, 0.05) is 27.3 Å². The standard InChI is InChI=1S/C32H30Cl2N4O3/c1-16(2)19-8-11-22(26(13-19)41-6)29-36-27-28(37(29)17(3)4)32(23-12-10-20(33)14-24(23)35-31(32)40)38(30(27)39)25-15-21(34)9-7-18(25)5/h7-17H,1-6H3,(H,35,40)/t32-/m1/s1. The molecule has 2 amide bonds. The van der Waals surface area contributed by atoms with Gasteiger partial charge in [-0.2, -0.15) is 0 Å². The molecule has 1 aromatic heterocycles. The SMILES string of the molecule is COc1cc(C(C)C)ccc1-c1nc2c(n1C(C)C)[C@]1(C(=O)Nc3cc(Cl)ccc31)N(c1cc(Cl)ccc1C)C2=O. The number of fused-ring (bicyclic) bond motifs is 4. The molecule has 0 aliphatic carbocycles. The maximum Gasteiger partial charge on any atom is 0.280 e. The molecule has 2 aliphatic rings. The first kappa shape index (κ1) is 27.4. The lowest BCUT2D eigenvalue weighted by Crippen LogP contribution is -2.51. The molecular formula is C32H30Cl2N4O3. The van der Waals surface area contributed by atoms with Gasteiger partial charge in [0.15, 0.2) is 11.2 Å². The van der Waals surface area contributed by atoms with Gasteiger partial charge in [0.25, 0.3) is 11.8 Å². The molecule has 1 N–H and O–H groups in total. The molecule has 3 aromatic carbocycles. The van der Waals surface area contributed by atoms with Crippen LogP contribution in [0.5, 0.6) is 5.75 Å². The zero-order valence-electron chi connectivity index (χ0n) is 23.7. The summed E-state index contributed by atoms with van der Waals surface area (Å²) in [7, 11) is 1.62. The maximum atomic E-state index is 14.5. The number of imidazole rings is 1. The molecule has 1 spiro atoms. The van der Waals surface area contributed by atoms with Crippen LogP contribution < -0.4 is 15.0 Å². The van der Waals surface area contributed by atoms with Gasteiger partial charge in [-0.1, -0.05) is 55.2 Å². The number of rotatable bonds is 5. The fourth-order valence-corrected chi connectivity index (χ4v) is 6.42. The van der Waals surface area contributed by atoms with Crippen molar-refractivity contribution in [1.29, 1.82) is 0 Å². The Morgan fingerprint density at radius 2 is 1.66 bits per heavy atom. The lowest BCUT2D eigenvalue weighted by atomic mass is 9.86. The summed E-state index contributed by atoms with van der Waals surface area (Å²) in [5, 5.41) is 3.94. The lowest BCUT2D eigenvalue weighted by molar-refractivity contribution is -0.119. The van der Waals surface area contributed by atoms with Crippen LogP contribution >= 0.6 is 23.2 Å². The molecule has 3 heterocycles. The molecule has 0 saturated heterocycles. The topological polar surface area (TPSA) is 76.5 Å². The van der Waals surface area contributed by atoms with Gasteiger partial charge >= 0.3 is 0 Å². The molecule has 7 nitrogen and oxygen atoms in total. The van der Waals surface area contributed by atoms with E-state index < -0.39 is 5.54 Å². The van der Waals surface area contributed by atoms with Crippen molar-refractivity contribution in [3.8, 4) is 17.1 Å². The van der Waals surface area contributed by atoms with E-state index in [0.717, 1.165) is 16.7 Å². The van der Waals surface area contributed by atoms with E-state index in [1.165, 1.54) is 0 Å². The molecule has 210 valence electrons. The number of ether oxygens (including phenoxy) is 1. The Balaban J connectivity index is 1.72. The van der Waals surface area contributed by atoms with E-state index in [4.69, 9.17) is 32.9 Å². The van der Waals surface area contributed by atoms with Crippen molar-refractivity contribution in [3.63, 3.8) is 0 Å². The summed E-state index contributed by atoms with van der Waals surface area (Å²) in [4.78, 5) is 35.4. The van der Waals surface area contributed by atoms with E-state index in [1.54, 1.807) is 42.3 Å². The van der Waals surface area contributed by atoms with Crippen molar-refractivity contribution >= 4 is 46.4 Å². The first-order chi connectivity index (χ1) is 19.5. The van der Waals surface area contributed by atoms with Crippen LogP contribution in [0.15, 0.2) is 54.6 Å². The summed E-state index contributed by atoms with van der Waals surface area (Å²) in [6.07, 6.45) is 0. The smallest absolute Gasteiger partial charge is 0.280 e. The summed E-state index contributed by atoms with van der Waals surface area (Å²) in [5.74, 6) is 0.757. The van der Waals surface area contributed by atoms with Gasteiger partial charge in [0.1, 0.15) is 11.6 Å². The first-order valence-corrected chi connectivity index (χ1v) is 14.3. The van der Waals surface area contributed by atoms with E-state index >= 15 is 0 Å². The lowest BCUT2D eigenvalue weighted by Gasteiger charge is -2.36. The largest absolute Gasteiger partial charge is 0.496 e. The second-order valence-electron chi connectivity index (χ2n) is 11.1. The summed E-state index contributed by atoms with van der Waals surface area (Å²) in [6.45, 7) is 10.2. The monoisotopic (exact) mass is 588 g/mol. The van der Waals surface area contributed by atoms with Gasteiger partial charge in [0.05, 0.1) is 24.1 Å². The van der Waals surface area contributed by atoms with Gasteiger partial charge in [-0.15, -0.1) is 0 Å². The number of nitrogens with zero attached hydrogens (tertiary/aromatic N) is 3. The van der Waals surface area contributed by atoms with Crippen LogP contribution in [0.1, 0.15) is 72.5 Å². The summed E-state index contributed by atoms with van der Waals surface area (Å²) >= 11 is 12.8. The average molecular weight is 590 g/mol. The number of anilines is 2. The molecule has 0 fully saturated rings. The molecular weight excluding hydrogens is 559 g/mol. The molecule has 0 unspecified atom stereocenters. The maximum absolute atomic E-state index is 14.5. The molecule has 0 saturated carbocycles. The first-order valence-electron chi connectivity index (χ1n) is 13.5. The molecule has 0 bridgehead atoms. The number of nitrogens with one attached hydrogen (secondary N) is 1. The zero-order chi connectivity index (χ0) is 29.4. The summed E-state index contributed by atoms with van der Waals surface area (Å²) < 4.78 is 7.81. The fourth-order valence-electron chi connectivity index (χ4n) is 6.08. The Labute approximate surface area is 249 Å². The molecule has 1 atom stereocenters. The fraction of sp³-hybridized carbons (Fsp3) is 0.281. The number of carbonyl (C=O) groups excluding carboxylic acids is 2. The Morgan fingerprint density at radius 1 is 0.951 bits per heavy atom. The molecule has 2 aliphatic heterocycles. The Bertz CT molecular complexity index is 1760. The second-order valence-corrected chi connectivity index (χ2v) is 12.0. The number of aromatic nitrogens is 2. The molecule has 4 aromatic rings. The second kappa shape index (κ2) is 9.64. The Hall–Kier alpha value is -3.81. The molecule has 9 heteroatoms. The minimum Gasteiger partial charge on any atom is -0.496 e. The number of hydrogen-bond donors (Lipinski definition) is 1. The highest BCUT2D eigenvalue weighted by molar-refractivity contribution is 6.32. The molecule has 6 rings (SSSR count). The van der Waals surface area contributed by atoms with Crippen molar-refractivity contribution in [2.45, 2.75) is 52.1 Å². The number of carbonyl (C=O) groups is 2. The van der Waals surface area contributed by atoms with Gasteiger partial charge in [0.2, 0.25) is 0 Å². The zero-order valence-corrected chi connectivity index (χ0v) is 25.2. The van der Waals surface area contributed by atoms with Crippen LogP contribution in [0.25, 0.3) is 11.4 Å². The van der Waals surface area contributed by atoms with E-state index in [9.17, 15) is 9.59 Å². The highest BCUT2D eigenvalue weighted by Crippen LogP contribution is 2.55. The highest BCUT2D eigenvalue weighted by atomic mass is 35.5. The quantitative estimate of drug-likeness (QED) is 0.259. The number of halogens is 2. The minimum absolute atomic E-state index is 0.162. The predicted octanol–water partition coefficient (Wildman–Crippen LogP) is 7.73. The third-order valence-electron chi connectivity index (χ3n) is 8.00. The van der Waals surface area contributed by atoms with Crippen molar-refractivity contribution in [3.05, 3.63) is 92.7 Å². The normalized spacial score (nSPS) is 17.6.